The van der Waals surface area contributed by atoms with Crippen LogP contribution >= 0.6 is 11.3 Å². The van der Waals surface area contributed by atoms with E-state index in [-0.39, 0.29) is 17.0 Å². The number of aliphatic hydroxyl groups excluding tert-OH is 1. The van der Waals surface area contributed by atoms with Crippen molar-refractivity contribution in [2.45, 2.75) is 26.8 Å². The highest BCUT2D eigenvalue weighted by Gasteiger charge is 2.48. The number of hydrogen-bond donors (Lipinski definition) is 1. The summed E-state index contributed by atoms with van der Waals surface area (Å²) in [7, 11) is 0. The zero-order chi connectivity index (χ0) is 23.2. The summed E-state index contributed by atoms with van der Waals surface area (Å²) in [5.41, 5.74) is 2.35. The molecular weight excluding hydrogens is 430 g/mol. The fraction of sp³-hybridized carbons (Fsp3) is 0.174. The highest BCUT2D eigenvalue weighted by atomic mass is 32.1. The normalized spacial score (nSPS) is 17.7. The van der Waals surface area contributed by atoms with Crippen molar-refractivity contribution in [1.29, 1.82) is 0 Å². The van der Waals surface area contributed by atoms with E-state index < -0.39 is 22.7 Å². The summed E-state index contributed by atoms with van der Waals surface area (Å²) in [6.45, 7) is 5.56. The molecule has 4 rings (SSSR count). The number of Topliss-reactive ketones (excluding diaryl/α,β-unsaturated/α-hetero) is 1. The molecule has 0 spiro atoms. The molecule has 1 amide bonds. The Balaban J connectivity index is 1.93. The first-order valence-corrected chi connectivity index (χ1v) is 10.6. The zero-order valence-electron chi connectivity index (χ0n) is 17.5. The number of nitrogens with zero attached hydrogens (tertiary/aromatic N) is 3. The van der Waals surface area contributed by atoms with E-state index in [9.17, 15) is 24.8 Å². The standard InChI is InChI=1S/C23H19N3O5S/c1-12-4-6-16(7-5-12)20(27)18-19(15-8-10-17(11-9-15)26(30)31)25(22(29)21(18)28)23-24-13(2)14(3)32-23/h4-11,19,27H,1-3H3/b20-18+/t19-/m0/s1. The van der Waals surface area contributed by atoms with Gasteiger partial charge in [0.2, 0.25) is 0 Å². The van der Waals surface area contributed by atoms with Crippen LogP contribution in [0.5, 0.6) is 0 Å². The van der Waals surface area contributed by atoms with E-state index in [1.807, 2.05) is 13.8 Å². The molecule has 1 aliphatic heterocycles. The lowest BCUT2D eigenvalue weighted by molar-refractivity contribution is -0.384. The first-order valence-electron chi connectivity index (χ1n) is 9.75. The molecule has 2 aromatic carbocycles. The van der Waals surface area contributed by atoms with E-state index in [0.717, 1.165) is 16.1 Å². The SMILES string of the molecule is Cc1ccc(/C(O)=C2\C(=O)C(=O)N(c3nc(C)c(C)s3)[C@H]2c2ccc([N+](=O)[O-])cc2)cc1. The third-order valence-corrected chi connectivity index (χ3v) is 6.48. The Morgan fingerprint density at radius 2 is 1.69 bits per heavy atom. The van der Waals surface area contributed by atoms with Crippen molar-refractivity contribution < 1.29 is 19.6 Å². The molecule has 2 heterocycles. The van der Waals surface area contributed by atoms with E-state index >= 15 is 0 Å². The number of aryl methyl sites for hydroxylation is 3. The monoisotopic (exact) mass is 449 g/mol. The van der Waals surface area contributed by atoms with Crippen molar-refractivity contribution in [2.24, 2.45) is 0 Å². The van der Waals surface area contributed by atoms with E-state index in [2.05, 4.69) is 4.98 Å². The summed E-state index contributed by atoms with van der Waals surface area (Å²) in [6, 6.07) is 11.5. The van der Waals surface area contributed by atoms with Gasteiger partial charge < -0.3 is 5.11 Å². The van der Waals surface area contributed by atoms with Crippen LogP contribution in [0.2, 0.25) is 0 Å². The Kier molecular flexibility index (Phi) is 5.35. The van der Waals surface area contributed by atoms with Crippen LogP contribution in [0.3, 0.4) is 0 Å². The average molecular weight is 449 g/mol. The van der Waals surface area contributed by atoms with E-state index in [1.165, 1.54) is 40.5 Å². The van der Waals surface area contributed by atoms with Crippen LogP contribution in [0.4, 0.5) is 10.8 Å². The molecule has 1 atom stereocenters. The number of anilines is 1. The topological polar surface area (TPSA) is 114 Å². The number of ketones is 1. The van der Waals surface area contributed by atoms with Gasteiger partial charge in [0.05, 0.1) is 22.2 Å². The molecular formula is C23H19N3O5S. The van der Waals surface area contributed by atoms with Crippen molar-refractivity contribution in [3.05, 3.63) is 91.5 Å². The van der Waals surface area contributed by atoms with Crippen LogP contribution in [-0.4, -0.2) is 26.7 Å². The molecule has 8 nitrogen and oxygen atoms in total. The number of thiazole rings is 1. The van der Waals surface area contributed by atoms with E-state index in [1.54, 1.807) is 31.2 Å². The maximum atomic E-state index is 13.1. The third-order valence-electron chi connectivity index (χ3n) is 5.41. The number of carbonyl (C=O) groups is 2. The Morgan fingerprint density at radius 1 is 1.06 bits per heavy atom. The molecule has 3 aromatic rings. The number of carbonyl (C=O) groups excluding carboxylic acids is 2. The van der Waals surface area contributed by atoms with Gasteiger partial charge in [0.15, 0.2) is 5.13 Å². The number of amides is 1. The summed E-state index contributed by atoms with van der Waals surface area (Å²) in [4.78, 5) is 43.3. The lowest BCUT2D eigenvalue weighted by atomic mass is 9.95. The molecule has 1 aliphatic rings. The Labute approximate surface area is 187 Å². The highest BCUT2D eigenvalue weighted by molar-refractivity contribution is 7.16. The number of rotatable bonds is 4. The second kappa shape index (κ2) is 8.01. The molecule has 1 aromatic heterocycles. The quantitative estimate of drug-likeness (QED) is 0.205. The predicted octanol–water partition coefficient (Wildman–Crippen LogP) is 4.60. The van der Waals surface area contributed by atoms with Crippen LogP contribution in [0.1, 0.15) is 33.3 Å². The molecule has 1 fully saturated rings. The van der Waals surface area contributed by atoms with Gasteiger partial charge in [-0.2, -0.15) is 0 Å². The van der Waals surface area contributed by atoms with Gasteiger partial charge in [0.1, 0.15) is 5.76 Å². The maximum Gasteiger partial charge on any atom is 0.301 e. The second-order valence-electron chi connectivity index (χ2n) is 7.52. The molecule has 1 saturated heterocycles. The number of non-ortho nitro benzene ring substituents is 1. The maximum absolute atomic E-state index is 13.1. The van der Waals surface area contributed by atoms with Gasteiger partial charge in [-0.15, -0.1) is 11.3 Å². The number of hydrogen-bond acceptors (Lipinski definition) is 7. The van der Waals surface area contributed by atoms with Gasteiger partial charge in [0.25, 0.3) is 11.5 Å². The molecule has 0 saturated carbocycles. The summed E-state index contributed by atoms with van der Waals surface area (Å²) in [5, 5.41) is 22.5. The zero-order valence-corrected chi connectivity index (χ0v) is 18.3. The van der Waals surface area contributed by atoms with Crippen LogP contribution in [-0.2, 0) is 9.59 Å². The second-order valence-corrected chi connectivity index (χ2v) is 8.70. The molecule has 32 heavy (non-hydrogen) atoms. The molecule has 0 radical (unpaired) electrons. The van der Waals surface area contributed by atoms with E-state index in [4.69, 9.17) is 0 Å². The molecule has 1 N–H and O–H groups in total. The molecule has 0 unspecified atom stereocenters. The summed E-state index contributed by atoms with van der Waals surface area (Å²) < 4.78 is 0. The fourth-order valence-electron chi connectivity index (χ4n) is 3.55. The van der Waals surface area contributed by atoms with Gasteiger partial charge in [0, 0.05) is 22.6 Å². The van der Waals surface area contributed by atoms with Gasteiger partial charge >= 0.3 is 5.91 Å². The average Bonchev–Trinajstić information content (AvgIpc) is 3.23. The lowest BCUT2D eigenvalue weighted by Gasteiger charge is -2.23. The van der Waals surface area contributed by atoms with Crippen molar-refractivity contribution in [3.8, 4) is 0 Å². The summed E-state index contributed by atoms with van der Waals surface area (Å²) >= 11 is 1.26. The number of nitro benzene ring substituents is 1. The van der Waals surface area contributed by atoms with Crippen molar-refractivity contribution >= 4 is 39.6 Å². The number of nitro groups is 1. The molecule has 0 bridgehead atoms. The van der Waals surface area contributed by atoms with Crippen molar-refractivity contribution in [3.63, 3.8) is 0 Å². The van der Waals surface area contributed by atoms with Gasteiger partial charge in [-0.1, -0.05) is 29.8 Å². The van der Waals surface area contributed by atoms with Crippen LogP contribution in [0.15, 0.2) is 54.1 Å². The number of aromatic nitrogens is 1. The number of aliphatic hydroxyl groups is 1. The molecule has 9 heteroatoms. The van der Waals surface area contributed by atoms with Crippen LogP contribution in [0, 0.1) is 30.9 Å². The van der Waals surface area contributed by atoms with Crippen molar-refractivity contribution in [1.82, 2.24) is 4.98 Å². The highest BCUT2D eigenvalue weighted by Crippen LogP contribution is 2.44. The largest absolute Gasteiger partial charge is 0.507 e. The lowest BCUT2D eigenvalue weighted by Crippen LogP contribution is -2.29. The minimum absolute atomic E-state index is 0.0850. The number of benzene rings is 2. The van der Waals surface area contributed by atoms with Crippen LogP contribution in [0.25, 0.3) is 5.76 Å². The van der Waals surface area contributed by atoms with Gasteiger partial charge in [-0.25, -0.2) is 4.98 Å². The Morgan fingerprint density at radius 3 is 2.22 bits per heavy atom. The minimum Gasteiger partial charge on any atom is -0.507 e. The first kappa shape index (κ1) is 21.4. The molecule has 0 aliphatic carbocycles. The van der Waals surface area contributed by atoms with Crippen molar-refractivity contribution in [2.75, 3.05) is 4.90 Å². The smallest absolute Gasteiger partial charge is 0.301 e. The van der Waals surface area contributed by atoms with Gasteiger partial charge in [-0.05, 0) is 38.5 Å². The van der Waals surface area contributed by atoms with Crippen LogP contribution < -0.4 is 4.90 Å². The van der Waals surface area contributed by atoms with Gasteiger partial charge in [-0.3, -0.25) is 24.6 Å². The predicted molar refractivity (Wildman–Crippen MR) is 121 cm³/mol. The first-order chi connectivity index (χ1) is 15.2. The fourth-order valence-corrected chi connectivity index (χ4v) is 4.49. The third kappa shape index (κ3) is 3.56. The summed E-state index contributed by atoms with van der Waals surface area (Å²) in [6.07, 6.45) is 0. The molecule has 162 valence electrons. The Bertz CT molecular complexity index is 1260. The van der Waals surface area contributed by atoms with E-state index in [0.29, 0.717) is 16.3 Å². The summed E-state index contributed by atoms with van der Waals surface area (Å²) in [5.74, 6) is -1.95. The minimum atomic E-state index is -0.970. The Hall–Kier alpha value is -3.85.